The number of amides is 7. The van der Waals surface area contributed by atoms with Crippen molar-refractivity contribution in [1.82, 2.24) is 37.2 Å². The van der Waals surface area contributed by atoms with Gasteiger partial charge in [0.1, 0.15) is 95.2 Å². The highest BCUT2D eigenvalue weighted by Gasteiger charge is 2.46. The van der Waals surface area contributed by atoms with Crippen molar-refractivity contribution in [3.8, 4) is 0 Å². The summed E-state index contributed by atoms with van der Waals surface area (Å²) in [5.41, 5.74) is 4.42. The van der Waals surface area contributed by atoms with E-state index in [2.05, 4.69) is 198 Å². The monoisotopic (exact) mass is 1960 g/mol. The second-order valence-electron chi connectivity index (χ2n) is 38.2. The average molecular weight is 1960 g/mol. The quantitative estimate of drug-likeness (QED) is 0.0207. The molecule has 6 unspecified atom stereocenters. The Bertz CT molecular complexity index is 3870. The van der Waals surface area contributed by atoms with Gasteiger partial charge in [-0.3, -0.25) is 33.6 Å². The summed E-state index contributed by atoms with van der Waals surface area (Å²) in [6.07, 6.45) is 59.7. The van der Waals surface area contributed by atoms with E-state index in [9.17, 15) is 33.6 Å². The Hall–Kier alpha value is -9.83. The minimum absolute atomic E-state index is 0.0107. The van der Waals surface area contributed by atoms with Crippen molar-refractivity contribution in [2.75, 3.05) is 52.4 Å². The molecule has 0 bridgehead atoms. The van der Waals surface area contributed by atoms with Crippen molar-refractivity contribution in [1.29, 1.82) is 0 Å². The number of carbonyl (C=O) groups is 7. The van der Waals surface area contributed by atoms with Crippen molar-refractivity contribution in [2.45, 2.75) is 388 Å². The predicted octanol–water partition coefficient (Wildman–Crippen LogP) is 25.6. The van der Waals surface area contributed by atoms with Crippen molar-refractivity contribution in [3.05, 3.63) is 222 Å². The predicted molar refractivity (Wildman–Crippen MR) is 584 cm³/mol. The highest BCUT2D eigenvalue weighted by atomic mass is 16.5. The number of ether oxygens (including phenoxy) is 7. The Kier molecular flexibility index (Phi) is 72.1. The van der Waals surface area contributed by atoms with Crippen molar-refractivity contribution in [3.63, 3.8) is 0 Å². The lowest BCUT2D eigenvalue weighted by Gasteiger charge is -2.19. The molecule has 141 heavy (non-hydrogen) atoms. The van der Waals surface area contributed by atoms with Crippen LogP contribution >= 0.6 is 0 Å². The lowest BCUT2D eigenvalue weighted by Crippen LogP contribution is -2.37. The first kappa shape index (κ1) is 129. The van der Waals surface area contributed by atoms with E-state index in [4.69, 9.17) is 38.3 Å². The molecule has 22 nitrogen and oxygen atoms in total. The normalized spacial score (nSPS) is 22.1. The second-order valence-corrected chi connectivity index (χ2v) is 38.2. The number of hydrogen-bond acceptors (Lipinski definition) is 15. The van der Waals surface area contributed by atoms with E-state index in [0.29, 0.717) is 90.4 Å². The topological polar surface area (TPSA) is 289 Å². The Balaban J connectivity index is 0.000000823. The fourth-order valence-corrected chi connectivity index (χ4v) is 18.2. The van der Waals surface area contributed by atoms with Crippen LogP contribution in [0.5, 0.6) is 0 Å². The number of rotatable bonds is 64. The standard InChI is InChI=1S/2C18H31NO2.2C18H29NO2.C17H29NO3.C16H25NO2.C14H21NO2/c4*1-5-7-8-9-10-11-12-16-17(14(3)15(4)21-16)18(20)19-13-6-2;1-4-5-6-7-8-9-10-15-16(13(2)14(3)21-15)17(20)18-11-12-19;1-5-7-8-9-10-14-15(12(3)13(4)19-14)16(18)17-11-6-2;1-5-7-8-12-13(10(3)11(4)17-12)14(16)15-9-6-2/h2*6,14,16-17H,2,4-5,7-13H2,1,3H3,(H,19,20);6,16H,2,4-5,7-13H2,1,3H3,(H,19,20);6,16-17H,2-5,7-13H2,1H3,(H,19,20);15-16,19H,2-12H2,1H3,(H,18,20);6,14-15H,2-5,7-11H2,1H3,(H,17,18);6,12-13H,2-5,7-9H2,1H3,(H,15,16)/t14-,16+,17?;14-,16-,17?;16-;16-,17?;15-,16?;14-,15?;12-,13?/m0111111/s1. The van der Waals surface area contributed by atoms with Gasteiger partial charge in [-0.25, -0.2) is 0 Å². The summed E-state index contributed by atoms with van der Waals surface area (Å²) in [6.45, 7) is 88.9. The number of hydrogen-bond donors (Lipinski definition) is 8. The molecule has 0 spiro atoms. The molecule has 6 fully saturated rings. The Morgan fingerprint density at radius 3 is 0.773 bits per heavy atom. The van der Waals surface area contributed by atoms with Gasteiger partial charge in [-0.15, -0.1) is 39.5 Å². The van der Waals surface area contributed by atoms with E-state index in [-0.39, 0.29) is 145 Å². The minimum Gasteiger partial charge on any atom is -0.494 e. The maximum Gasteiger partial charge on any atom is 0.251 e. The van der Waals surface area contributed by atoms with Gasteiger partial charge in [-0.1, -0.05) is 364 Å². The molecule has 796 valence electrons. The van der Waals surface area contributed by atoms with Crippen LogP contribution in [-0.2, 0) is 66.7 Å². The van der Waals surface area contributed by atoms with E-state index in [0.717, 1.165) is 119 Å². The molecule has 8 N–H and O–H groups in total. The molecule has 22 heteroatoms. The summed E-state index contributed by atoms with van der Waals surface area (Å²) in [5.74, 6) is 2.90. The lowest BCUT2D eigenvalue weighted by atomic mass is 9.87. The molecule has 0 aromatic carbocycles. The fraction of sp³-hybridized carbons (Fsp3) is 0.639. The average Bonchev–Trinajstić information content (AvgIpc) is 1.72. The number of allylic oxidation sites excluding steroid dienone is 7. The maximum atomic E-state index is 12.3. The van der Waals surface area contributed by atoms with Gasteiger partial charge in [0.15, 0.2) is 0 Å². The van der Waals surface area contributed by atoms with Gasteiger partial charge < -0.3 is 75.5 Å². The third kappa shape index (κ3) is 49.3. The number of aliphatic hydroxyl groups is 1. The molecular weight excluding hydrogens is 1770 g/mol. The molecule has 0 aliphatic carbocycles. The molecule has 0 aromatic rings. The van der Waals surface area contributed by atoms with Crippen LogP contribution in [0.25, 0.3) is 0 Å². The molecule has 0 saturated carbocycles. The number of nitrogens with one attached hydrogen (secondary N) is 7. The zero-order chi connectivity index (χ0) is 105. The largest absolute Gasteiger partial charge is 0.494 e. The summed E-state index contributed by atoms with van der Waals surface area (Å²) in [6, 6.07) is 0. The second kappa shape index (κ2) is 78.7. The number of unbranched alkanes of at least 4 members (excludes halogenated alkanes) is 29. The summed E-state index contributed by atoms with van der Waals surface area (Å²) in [7, 11) is 0. The third-order valence-electron chi connectivity index (χ3n) is 26.8. The zero-order valence-corrected chi connectivity index (χ0v) is 89.9. The summed E-state index contributed by atoms with van der Waals surface area (Å²) in [4.78, 5) is 85.2. The van der Waals surface area contributed by atoms with Crippen LogP contribution in [0.1, 0.15) is 345 Å². The van der Waals surface area contributed by atoms with Gasteiger partial charge in [0.2, 0.25) is 35.4 Å². The molecule has 7 aliphatic heterocycles. The first-order chi connectivity index (χ1) is 67.8. The lowest BCUT2D eigenvalue weighted by molar-refractivity contribution is -0.128. The summed E-state index contributed by atoms with van der Waals surface area (Å²) in [5, 5.41) is 28.6. The molecule has 7 heterocycles. The molecule has 6 saturated heterocycles. The smallest absolute Gasteiger partial charge is 0.251 e. The number of carbonyl (C=O) groups excluding carboxylic acids is 7. The van der Waals surface area contributed by atoms with E-state index in [1.165, 1.54) is 180 Å². The van der Waals surface area contributed by atoms with Crippen molar-refractivity contribution >= 4 is 41.4 Å². The highest BCUT2D eigenvalue weighted by molar-refractivity contribution is 5.96. The van der Waals surface area contributed by atoms with Crippen LogP contribution < -0.4 is 37.2 Å². The van der Waals surface area contributed by atoms with E-state index >= 15 is 0 Å². The van der Waals surface area contributed by atoms with E-state index in [1.807, 2.05) is 20.8 Å². The van der Waals surface area contributed by atoms with Gasteiger partial charge in [0.05, 0.1) is 35.5 Å². The Labute approximate surface area is 855 Å². The zero-order valence-electron chi connectivity index (χ0n) is 89.9. The van der Waals surface area contributed by atoms with Gasteiger partial charge in [0, 0.05) is 85.5 Å². The van der Waals surface area contributed by atoms with E-state index in [1.54, 1.807) is 36.5 Å². The minimum atomic E-state index is -0.361. The van der Waals surface area contributed by atoms with E-state index < -0.39 is 0 Å². The molecule has 0 aromatic heterocycles. The van der Waals surface area contributed by atoms with Crippen LogP contribution in [0.3, 0.4) is 0 Å². The van der Waals surface area contributed by atoms with Gasteiger partial charge in [-0.2, -0.15) is 0 Å². The molecule has 7 rings (SSSR count). The van der Waals surface area contributed by atoms with Crippen molar-refractivity contribution < 1.29 is 71.8 Å². The maximum absolute atomic E-state index is 12.3. The third-order valence-corrected chi connectivity index (χ3v) is 26.8. The molecule has 7 amide bonds. The molecule has 0 radical (unpaired) electrons. The van der Waals surface area contributed by atoms with Gasteiger partial charge in [-0.05, 0) is 90.4 Å². The first-order valence-corrected chi connectivity index (χ1v) is 54.0. The highest BCUT2D eigenvalue weighted by Crippen LogP contribution is 2.43. The Morgan fingerprint density at radius 1 is 0.277 bits per heavy atom. The molecular formula is C119H195N7O15. The van der Waals surface area contributed by atoms with Crippen LogP contribution in [0.4, 0.5) is 0 Å². The van der Waals surface area contributed by atoms with Crippen LogP contribution in [0.2, 0.25) is 0 Å². The summed E-state index contributed by atoms with van der Waals surface area (Å²) >= 11 is 0. The number of aliphatic hydroxyl groups excluding tert-OH is 1. The molecule has 15 atom stereocenters. The van der Waals surface area contributed by atoms with Gasteiger partial charge >= 0.3 is 0 Å². The molecule has 7 aliphatic rings. The SMILES string of the molecule is C=C1O[C@H](CCCCCCCC)C(C(=O)NCCO)C1=C.C=CCNC(=O)C1=C(C)C(=C)O[C@@H]1CCCCCCCC.C=CCNC(=O)C1C(=C)C(=C)O[C@@H]1CCCC.C=CCNC(=O)C1C(=C)C(=C)O[C@@H]1CCCCCC.C=CCNC(=O)C1C(=C)C(=C)O[C@@H]1CCCCCCCC.C=CCNC(=O)C1[C@@H](CCCCCCCC)OC(=C)[C@@H]1C.C=CCNC(=O)C1[C@H](C)C(=C)O[C@@H]1CCCCCCCC. The van der Waals surface area contributed by atoms with Gasteiger partial charge in [0.25, 0.3) is 5.91 Å². The first-order valence-electron chi connectivity index (χ1n) is 54.0. The van der Waals surface area contributed by atoms with Crippen LogP contribution in [-0.4, -0.2) is 142 Å². The Morgan fingerprint density at radius 2 is 0.504 bits per heavy atom. The van der Waals surface area contributed by atoms with Crippen LogP contribution in [0.15, 0.2) is 222 Å². The van der Waals surface area contributed by atoms with Crippen molar-refractivity contribution in [2.24, 2.45) is 47.3 Å². The fourth-order valence-electron chi connectivity index (χ4n) is 18.2. The van der Waals surface area contributed by atoms with Crippen LogP contribution in [0, 0.1) is 47.3 Å². The summed E-state index contributed by atoms with van der Waals surface area (Å²) < 4.78 is 40.2.